The average Bonchev–Trinajstić information content (AvgIpc) is 2.42. The van der Waals surface area contributed by atoms with Gasteiger partial charge in [-0.15, -0.1) is 0 Å². The summed E-state index contributed by atoms with van der Waals surface area (Å²) in [6, 6.07) is 0. The molecule has 1 aromatic heterocycles. The first kappa shape index (κ1) is 17.5. The molecule has 1 heterocycles. The van der Waals surface area contributed by atoms with Crippen molar-refractivity contribution in [2.24, 2.45) is 0 Å². The summed E-state index contributed by atoms with van der Waals surface area (Å²) in [4.78, 5) is 23.1. The maximum absolute atomic E-state index is 11.9. The van der Waals surface area contributed by atoms with Crippen LogP contribution in [0.3, 0.4) is 0 Å². The molecule has 1 unspecified atom stereocenters. The molecule has 0 aliphatic heterocycles. The molecule has 0 radical (unpaired) electrons. The van der Waals surface area contributed by atoms with Crippen LogP contribution in [0, 0.1) is 0 Å². The summed E-state index contributed by atoms with van der Waals surface area (Å²) >= 11 is 5.96. The van der Waals surface area contributed by atoms with Gasteiger partial charge in [0.1, 0.15) is 11.6 Å². The second-order valence-corrected chi connectivity index (χ2v) is 5.39. The number of hydrogen-bond acceptors (Lipinski definition) is 6. The summed E-state index contributed by atoms with van der Waals surface area (Å²) in [5.41, 5.74) is -1.18. The quantitative estimate of drug-likeness (QED) is 0.730. The first-order valence-electron chi connectivity index (χ1n) is 6.59. The maximum Gasteiger partial charge on any atom is 0.327 e. The number of rotatable bonds is 7. The van der Waals surface area contributed by atoms with Crippen molar-refractivity contribution >= 4 is 23.3 Å². The van der Waals surface area contributed by atoms with Gasteiger partial charge in [-0.3, -0.25) is 9.59 Å². The lowest BCUT2D eigenvalue weighted by Crippen LogP contribution is -2.34. The van der Waals surface area contributed by atoms with Gasteiger partial charge in [-0.2, -0.15) is 5.10 Å². The second kappa shape index (κ2) is 7.42. The molecule has 0 saturated carbocycles. The highest BCUT2D eigenvalue weighted by molar-refractivity contribution is 6.32. The van der Waals surface area contributed by atoms with E-state index in [2.05, 4.69) is 15.2 Å². The number of aliphatic hydroxyl groups is 1. The fourth-order valence-electron chi connectivity index (χ4n) is 1.80. The molecule has 0 saturated heterocycles. The Bertz CT molecular complexity index is 557. The highest BCUT2D eigenvalue weighted by atomic mass is 35.5. The number of anilines is 1. The van der Waals surface area contributed by atoms with Crippen LogP contribution in [0.25, 0.3) is 0 Å². The molecule has 0 aromatic carbocycles. The Balaban J connectivity index is 2.85. The Morgan fingerprint density at radius 1 is 1.62 bits per heavy atom. The molecule has 21 heavy (non-hydrogen) atoms. The molecule has 118 valence electrons. The number of nitrogens with one attached hydrogen (secondary N) is 1. The van der Waals surface area contributed by atoms with E-state index in [4.69, 9.17) is 11.6 Å². The largest absolute Gasteiger partial charge is 0.468 e. The second-order valence-electron chi connectivity index (χ2n) is 5.01. The third-order valence-corrected chi connectivity index (χ3v) is 3.30. The van der Waals surface area contributed by atoms with Crippen molar-refractivity contribution in [3.8, 4) is 0 Å². The van der Waals surface area contributed by atoms with Gasteiger partial charge in [-0.25, -0.2) is 4.68 Å². The summed E-state index contributed by atoms with van der Waals surface area (Å²) in [5.74, 6) is -0.591. The fourth-order valence-corrected chi connectivity index (χ4v) is 2.01. The van der Waals surface area contributed by atoms with Crippen molar-refractivity contribution < 1.29 is 14.6 Å². The molecule has 1 aromatic rings. The molecule has 0 amide bonds. The predicted molar refractivity (Wildman–Crippen MR) is 79.5 cm³/mol. The van der Waals surface area contributed by atoms with Gasteiger partial charge in [0.25, 0.3) is 5.56 Å². The fraction of sp³-hybridized carbons (Fsp3) is 0.615. The normalized spacial score (nSPS) is 13.6. The van der Waals surface area contributed by atoms with Crippen LogP contribution in [0.15, 0.2) is 11.0 Å². The molecule has 7 nitrogen and oxygen atoms in total. The van der Waals surface area contributed by atoms with Gasteiger partial charge in [0, 0.05) is 6.54 Å². The number of carbonyl (C=O) groups is 1. The minimum atomic E-state index is -0.904. The average molecular weight is 318 g/mol. The Morgan fingerprint density at radius 3 is 2.86 bits per heavy atom. The zero-order valence-electron chi connectivity index (χ0n) is 12.4. The monoisotopic (exact) mass is 317 g/mol. The molecular weight excluding hydrogens is 298 g/mol. The first-order valence-corrected chi connectivity index (χ1v) is 6.97. The molecule has 1 atom stereocenters. The van der Waals surface area contributed by atoms with Crippen LogP contribution in [-0.4, -0.2) is 40.1 Å². The minimum Gasteiger partial charge on any atom is -0.468 e. The third-order valence-electron chi connectivity index (χ3n) is 2.94. The van der Waals surface area contributed by atoms with Crippen LogP contribution < -0.4 is 10.9 Å². The number of methoxy groups -OCH3 is 1. The van der Waals surface area contributed by atoms with Crippen molar-refractivity contribution in [1.29, 1.82) is 0 Å². The number of halogens is 1. The van der Waals surface area contributed by atoms with Crippen LogP contribution in [0.5, 0.6) is 0 Å². The highest BCUT2D eigenvalue weighted by Crippen LogP contribution is 2.18. The van der Waals surface area contributed by atoms with Gasteiger partial charge in [-0.1, -0.05) is 24.9 Å². The van der Waals surface area contributed by atoms with Crippen LogP contribution in [0.2, 0.25) is 5.02 Å². The van der Waals surface area contributed by atoms with E-state index in [0.717, 1.165) is 11.1 Å². The Morgan fingerprint density at radius 2 is 2.29 bits per heavy atom. The molecule has 0 fully saturated rings. The number of esters is 1. The Kier molecular flexibility index (Phi) is 6.17. The highest BCUT2D eigenvalue weighted by Gasteiger charge is 2.20. The maximum atomic E-state index is 11.9. The Labute approximate surface area is 127 Å². The molecule has 1 rings (SSSR count). The zero-order chi connectivity index (χ0) is 16.0. The van der Waals surface area contributed by atoms with E-state index < -0.39 is 17.1 Å². The zero-order valence-corrected chi connectivity index (χ0v) is 13.1. The van der Waals surface area contributed by atoms with Crippen LogP contribution >= 0.6 is 11.6 Å². The number of aromatic nitrogens is 2. The van der Waals surface area contributed by atoms with E-state index in [0.29, 0.717) is 12.1 Å². The molecule has 2 N–H and O–H groups in total. The van der Waals surface area contributed by atoms with Gasteiger partial charge in [0.05, 0.1) is 24.6 Å². The lowest BCUT2D eigenvalue weighted by atomic mass is 10.0. The Hall–Kier alpha value is -1.60. The minimum absolute atomic E-state index is 0.0822. The summed E-state index contributed by atoms with van der Waals surface area (Å²) in [6.07, 6.45) is 2.79. The van der Waals surface area contributed by atoms with Gasteiger partial charge in [0.15, 0.2) is 0 Å². The predicted octanol–water partition coefficient (Wildman–Crippen LogP) is 1.03. The van der Waals surface area contributed by atoms with Gasteiger partial charge >= 0.3 is 5.97 Å². The van der Waals surface area contributed by atoms with Gasteiger partial charge in [-0.05, 0) is 13.3 Å². The lowest BCUT2D eigenvalue weighted by molar-refractivity contribution is -0.141. The molecule has 0 aliphatic rings. The molecule has 0 spiro atoms. The van der Waals surface area contributed by atoms with E-state index in [1.165, 1.54) is 13.3 Å². The molecule has 0 bridgehead atoms. The molecular formula is C13H20ClN3O4. The van der Waals surface area contributed by atoms with Crippen molar-refractivity contribution in [1.82, 2.24) is 9.78 Å². The van der Waals surface area contributed by atoms with E-state index in [-0.39, 0.29) is 18.1 Å². The van der Waals surface area contributed by atoms with E-state index >= 15 is 0 Å². The summed E-state index contributed by atoms with van der Waals surface area (Å²) in [6.45, 7) is 3.60. The SMILES string of the molecule is CCCC(C)(O)CNc1cnn(CC(=O)OC)c(=O)c1Cl. The summed E-state index contributed by atoms with van der Waals surface area (Å²) in [5, 5.41) is 16.7. The van der Waals surface area contributed by atoms with E-state index in [1.807, 2.05) is 6.92 Å². The standard InChI is InChI=1S/C13H20ClN3O4/c1-4-5-13(2,20)8-15-9-6-16-17(7-10(18)21-3)12(19)11(9)14/h6,15,20H,4-5,7-8H2,1-3H3. The number of nitrogens with zero attached hydrogens (tertiary/aromatic N) is 2. The van der Waals surface area contributed by atoms with Crippen molar-refractivity contribution in [3.05, 3.63) is 21.6 Å². The van der Waals surface area contributed by atoms with Crippen LogP contribution in [0.1, 0.15) is 26.7 Å². The molecule has 8 heteroatoms. The van der Waals surface area contributed by atoms with Gasteiger partial charge < -0.3 is 15.2 Å². The summed E-state index contributed by atoms with van der Waals surface area (Å²) in [7, 11) is 1.22. The topological polar surface area (TPSA) is 93.5 Å². The van der Waals surface area contributed by atoms with Crippen molar-refractivity contribution in [2.75, 3.05) is 19.0 Å². The molecule has 0 aliphatic carbocycles. The smallest absolute Gasteiger partial charge is 0.327 e. The first-order chi connectivity index (χ1) is 9.80. The summed E-state index contributed by atoms with van der Waals surface area (Å²) < 4.78 is 5.39. The van der Waals surface area contributed by atoms with Crippen LogP contribution in [0.4, 0.5) is 5.69 Å². The number of carbonyl (C=O) groups excluding carboxylic acids is 1. The lowest BCUT2D eigenvalue weighted by Gasteiger charge is -2.23. The third kappa shape index (κ3) is 5.02. The van der Waals surface area contributed by atoms with E-state index in [9.17, 15) is 14.7 Å². The van der Waals surface area contributed by atoms with Crippen LogP contribution in [-0.2, 0) is 16.1 Å². The van der Waals surface area contributed by atoms with Gasteiger partial charge in [0.2, 0.25) is 0 Å². The number of ether oxygens (including phenoxy) is 1. The van der Waals surface area contributed by atoms with Crippen molar-refractivity contribution in [2.45, 2.75) is 38.8 Å². The van der Waals surface area contributed by atoms with E-state index in [1.54, 1.807) is 6.92 Å². The number of hydrogen-bond donors (Lipinski definition) is 2. The van der Waals surface area contributed by atoms with Crippen molar-refractivity contribution in [3.63, 3.8) is 0 Å².